The first-order valence-corrected chi connectivity index (χ1v) is 8.45. The van der Waals surface area contributed by atoms with Gasteiger partial charge in [-0.15, -0.1) is 0 Å². The normalized spacial score (nSPS) is 13.8. The summed E-state index contributed by atoms with van der Waals surface area (Å²) in [6, 6.07) is 9.52. The van der Waals surface area contributed by atoms with E-state index in [0.29, 0.717) is 10.8 Å². The van der Waals surface area contributed by atoms with Crippen molar-refractivity contribution in [1.29, 1.82) is 0 Å². The minimum atomic E-state index is -0.140. The number of aromatic nitrogens is 2. The van der Waals surface area contributed by atoms with Crippen LogP contribution in [-0.2, 0) is 7.05 Å². The first-order chi connectivity index (χ1) is 11.6. The van der Waals surface area contributed by atoms with E-state index in [1.807, 2.05) is 49.0 Å². The molecule has 2 N–H and O–H groups in total. The topological polar surface area (TPSA) is 63.4 Å². The fraction of sp³-hybridized carbons (Fsp3) is 0.353. The molecule has 1 aromatic carbocycles. The number of anilines is 1. The van der Waals surface area contributed by atoms with Crippen molar-refractivity contribution >= 4 is 28.7 Å². The monoisotopic (exact) mass is 343 g/mol. The van der Waals surface area contributed by atoms with Crippen LogP contribution >= 0.6 is 12.2 Å². The zero-order valence-corrected chi connectivity index (χ0v) is 14.7. The van der Waals surface area contributed by atoms with E-state index in [1.165, 1.54) is 12.8 Å². The van der Waals surface area contributed by atoms with Crippen LogP contribution in [-0.4, -0.2) is 20.2 Å². The molecule has 1 heterocycles. The van der Waals surface area contributed by atoms with Crippen molar-refractivity contribution in [3.63, 3.8) is 0 Å². The fourth-order valence-electron chi connectivity index (χ4n) is 2.88. The predicted molar refractivity (Wildman–Crippen MR) is 101 cm³/mol. The first kappa shape index (κ1) is 16.4. The molecule has 0 saturated heterocycles. The lowest BCUT2D eigenvalue weighted by atomic mass is 10.3. The smallest absolute Gasteiger partial charge is 0.295 e. The van der Waals surface area contributed by atoms with Gasteiger partial charge in [0.2, 0.25) is 0 Å². The number of para-hydroxylation sites is 1. The molecule has 0 atom stereocenters. The van der Waals surface area contributed by atoms with E-state index in [1.54, 1.807) is 4.68 Å². The molecule has 0 radical (unpaired) electrons. The summed E-state index contributed by atoms with van der Waals surface area (Å²) in [6.07, 6.45) is 4.39. The highest BCUT2D eigenvalue weighted by atomic mass is 32.1. The van der Waals surface area contributed by atoms with Crippen LogP contribution in [0.3, 0.4) is 0 Å². The Kier molecular flexibility index (Phi) is 4.80. The molecule has 0 unspecified atom stereocenters. The number of hydrogen-bond donors (Lipinski definition) is 2. The number of benzene rings is 1. The number of nitrogens with zero attached hydrogens (tertiary/aromatic N) is 3. The lowest BCUT2D eigenvalue weighted by Crippen LogP contribution is -2.28. The van der Waals surface area contributed by atoms with Gasteiger partial charge in [0.1, 0.15) is 5.69 Å². The molecular formula is C17H21N5OS. The van der Waals surface area contributed by atoms with Gasteiger partial charge in [0.05, 0.1) is 11.4 Å². The summed E-state index contributed by atoms with van der Waals surface area (Å²) >= 11 is 5.27. The highest BCUT2D eigenvalue weighted by Gasteiger charge is 2.17. The molecular weight excluding hydrogens is 322 g/mol. The molecule has 0 bridgehead atoms. The molecule has 0 aliphatic heterocycles. The minimum absolute atomic E-state index is 0.140. The fourth-order valence-corrected chi connectivity index (χ4v) is 3.03. The van der Waals surface area contributed by atoms with Gasteiger partial charge in [-0.3, -0.25) is 14.9 Å². The Morgan fingerprint density at radius 1 is 1.21 bits per heavy atom. The molecule has 7 heteroatoms. The zero-order valence-electron chi connectivity index (χ0n) is 13.9. The molecule has 1 aliphatic rings. The Labute approximate surface area is 146 Å². The molecule has 24 heavy (non-hydrogen) atoms. The average Bonchev–Trinajstić information content (AvgIpc) is 3.17. The van der Waals surface area contributed by atoms with Crippen LogP contribution in [0.15, 0.2) is 40.2 Å². The van der Waals surface area contributed by atoms with Gasteiger partial charge in [-0.25, -0.2) is 4.68 Å². The Morgan fingerprint density at radius 3 is 2.54 bits per heavy atom. The Hall–Kier alpha value is -2.41. The molecule has 0 amide bonds. The SMILES string of the molecule is Cc1c(NC(=S)NN=C2CCCC2)c(=O)n(-c2ccccc2)n1C. The first-order valence-electron chi connectivity index (χ1n) is 8.04. The van der Waals surface area contributed by atoms with Gasteiger partial charge in [0.25, 0.3) is 5.56 Å². The standard InChI is InChI=1S/C17H21N5OS/c1-12-15(18-17(24)20-19-13-8-6-7-9-13)16(23)22(21(12)2)14-10-4-3-5-11-14/h3-5,10-11H,6-9H2,1-2H3,(H2,18,20,24). The summed E-state index contributed by atoms with van der Waals surface area (Å²) in [5.74, 6) is 0. The maximum atomic E-state index is 12.8. The van der Waals surface area contributed by atoms with E-state index >= 15 is 0 Å². The second kappa shape index (κ2) is 7.00. The van der Waals surface area contributed by atoms with Gasteiger partial charge in [0, 0.05) is 12.8 Å². The van der Waals surface area contributed by atoms with E-state index in [2.05, 4.69) is 15.8 Å². The largest absolute Gasteiger partial charge is 0.325 e. The van der Waals surface area contributed by atoms with Crippen LogP contribution in [0, 0.1) is 6.92 Å². The van der Waals surface area contributed by atoms with E-state index < -0.39 is 0 Å². The van der Waals surface area contributed by atoms with Gasteiger partial charge in [-0.1, -0.05) is 18.2 Å². The molecule has 1 fully saturated rings. The van der Waals surface area contributed by atoms with Crippen molar-refractivity contribution in [2.75, 3.05) is 5.32 Å². The minimum Gasteiger partial charge on any atom is -0.325 e. The Morgan fingerprint density at radius 2 is 1.88 bits per heavy atom. The third kappa shape index (κ3) is 3.26. The van der Waals surface area contributed by atoms with Crippen molar-refractivity contribution in [2.24, 2.45) is 12.1 Å². The Balaban J connectivity index is 1.83. The van der Waals surface area contributed by atoms with Gasteiger partial charge < -0.3 is 5.32 Å². The summed E-state index contributed by atoms with van der Waals surface area (Å²) < 4.78 is 3.43. The maximum Gasteiger partial charge on any atom is 0.295 e. The van der Waals surface area contributed by atoms with Crippen molar-refractivity contribution in [3.8, 4) is 5.69 Å². The predicted octanol–water partition coefficient (Wildman–Crippen LogP) is 2.70. The molecule has 126 valence electrons. The molecule has 2 aromatic rings. The van der Waals surface area contributed by atoms with Crippen molar-refractivity contribution in [3.05, 3.63) is 46.4 Å². The van der Waals surface area contributed by atoms with Gasteiger partial charge in [-0.2, -0.15) is 5.10 Å². The second-order valence-electron chi connectivity index (χ2n) is 5.89. The van der Waals surface area contributed by atoms with Crippen LogP contribution in [0.2, 0.25) is 0 Å². The summed E-state index contributed by atoms with van der Waals surface area (Å²) in [5.41, 5.74) is 5.92. The van der Waals surface area contributed by atoms with E-state index in [4.69, 9.17) is 12.2 Å². The molecule has 0 spiro atoms. The number of hydrazone groups is 1. The third-order valence-electron chi connectivity index (χ3n) is 4.29. The van der Waals surface area contributed by atoms with Gasteiger partial charge in [0.15, 0.2) is 5.11 Å². The quantitative estimate of drug-likeness (QED) is 0.664. The summed E-state index contributed by atoms with van der Waals surface area (Å²) in [6.45, 7) is 1.88. The third-order valence-corrected chi connectivity index (χ3v) is 4.48. The van der Waals surface area contributed by atoms with E-state index in [0.717, 1.165) is 29.9 Å². The van der Waals surface area contributed by atoms with Crippen LogP contribution in [0.1, 0.15) is 31.4 Å². The summed E-state index contributed by atoms with van der Waals surface area (Å²) in [4.78, 5) is 12.8. The van der Waals surface area contributed by atoms with Crippen LogP contribution < -0.4 is 16.3 Å². The number of rotatable bonds is 3. The lowest BCUT2D eigenvalue weighted by molar-refractivity contribution is 0.630. The number of nitrogens with one attached hydrogen (secondary N) is 2. The molecule has 1 saturated carbocycles. The second-order valence-corrected chi connectivity index (χ2v) is 6.30. The van der Waals surface area contributed by atoms with E-state index in [-0.39, 0.29) is 5.56 Å². The van der Waals surface area contributed by atoms with Crippen LogP contribution in [0.5, 0.6) is 0 Å². The molecule has 3 rings (SSSR count). The lowest BCUT2D eigenvalue weighted by Gasteiger charge is -2.07. The maximum absolute atomic E-state index is 12.8. The number of hydrogen-bond acceptors (Lipinski definition) is 3. The summed E-state index contributed by atoms with van der Waals surface area (Å²) in [7, 11) is 1.85. The Bertz CT molecular complexity index is 827. The molecule has 1 aliphatic carbocycles. The van der Waals surface area contributed by atoms with Crippen LogP contribution in [0.25, 0.3) is 5.69 Å². The van der Waals surface area contributed by atoms with Crippen LogP contribution in [0.4, 0.5) is 5.69 Å². The molecule has 6 nitrogen and oxygen atoms in total. The van der Waals surface area contributed by atoms with Crippen molar-refractivity contribution < 1.29 is 0 Å². The average molecular weight is 343 g/mol. The van der Waals surface area contributed by atoms with Crippen molar-refractivity contribution in [2.45, 2.75) is 32.6 Å². The number of thiocarbonyl (C=S) groups is 1. The summed E-state index contributed by atoms with van der Waals surface area (Å²) in [5, 5.41) is 7.64. The van der Waals surface area contributed by atoms with Gasteiger partial charge >= 0.3 is 0 Å². The highest BCUT2D eigenvalue weighted by Crippen LogP contribution is 2.15. The van der Waals surface area contributed by atoms with Gasteiger partial charge in [-0.05, 0) is 57.0 Å². The molecule has 1 aromatic heterocycles. The van der Waals surface area contributed by atoms with E-state index in [9.17, 15) is 4.79 Å². The zero-order chi connectivity index (χ0) is 17.1. The highest BCUT2D eigenvalue weighted by molar-refractivity contribution is 7.80. The van der Waals surface area contributed by atoms with Crippen molar-refractivity contribution in [1.82, 2.24) is 14.8 Å².